The lowest BCUT2D eigenvalue weighted by Gasteiger charge is -2.41. The van der Waals surface area contributed by atoms with Crippen LogP contribution in [0.4, 0.5) is 0 Å². The van der Waals surface area contributed by atoms with Gasteiger partial charge in [-0.15, -0.1) is 0 Å². The highest BCUT2D eigenvalue weighted by Gasteiger charge is 2.17. The summed E-state index contributed by atoms with van der Waals surface area (Å²) in [6, 6.07) is 0. The molecular formula is C8H24N4S. The number of hydrogen-bond donors (Lipinski definition) is 4. The molecule has 0 saturated carbocycles. The number of rotatable bonds is 8. The molecule has 0 aliphatic heterocycles. The molecule has 0 rings (SSSR count). The van der Waals surface area contributed by atoms with Gasteiger partial charge in [-0.25, -0.2) is 18.9 Å². The summed E-state index contributed by atoms with van der Waals surface area (Å²) in [5.74, 6) is 0. The summed E-state index contributed by atoms with van der Waals surface area (Å²) in [6.07, 6.45) is 0. The van der Waals surface area contributed by atoms with Gasteiger partial charge in [0.1, 0.15) is 0 Å². The molecule has 13 heavy (non-hydrogen) atoms. The number of hydrogen-bond acceptors (Lipinski definition) is 4. The van der Waals surface area contributed by atoms with Gasteiger partial charge in [-0.05, 0) is 10.8 Å². The second-order valence-electron chi connectivity index (χ2n) is 2.60. The topological polar surface area (TPSA) is 48.1 Å². The molecule has 0 heterocycles. The predicted octanol–water partition coefficient (Wildman–Crippen LogP) is 0.889. The standard InChI is InChI=1S/C8H24N4S/c1-5-9-13(10-6-2,11-7-3)12-8-4/h9-12H,5-8H2,1-4H3. The van der Waals surface area contributed by atoms with Crippen LogP contribution in [0.25, 0.3) is 0 Å². The van der Waals surface area contributed by atoms with Crippen molar-refractivity contribution < 1.29 is 0 Å². The first kappa shape index (κ1) is 13.2. The van der Waals surface area contributed by atoms with Gasteiger partial charge in [-0.3, -0.25) is 0 Å². The molecule has 0 aromatic heterocycles. The fourth-order valence-corrected chi connectivity index (χ4v) is 3.52. The zero-order valence-corrected chi connectivity index (χ0v) is 10.1. The lowest BCUT2D eigenvalue weighted by Crippen LogP contribution is -2.50. The first-order valence-corrected chi connectivity index (χ1v) is 6.69. The fraction of sp³-hybridized carbons (Fsp3) is 1.00. The quantitative estimate of drug-likeness (QED) is 0.478. The van der Waals surface area contributed by atoms with Crippen molar-refractivity contribution in [3.05, 3.63) is 0 Å². The summed E-state index contributed by atoms with van der Waals surface area (Å²) in [5.41, 5.74) is 0. The molecule has 0 spiro atoms. The molecule has 0 fully saturated rings. The van der Waals surface area contributed by atoms with Crippen LogP contribution in [-0.4, -0.2) is 26.2 Å². The second kappa shape index (κ2) is 7.58. The van der Waals surface area contributed by atoms with E-state index in [-0.39, 0.29) is 0 Å². The molecule has 0 saturated heterocycles. The zero-order valence-electron chi connectivity index (χ0n) is 9.24. The van der Waals surface area contributed by atoms with Crippen LogP contribution < -0.4 is 18.9 Å². The Morgan fingerprint density at radius 1 is 0.615 bits per heavy atom. The van der Waals surface area contributed by atoms with Crippen molar-refractivity contribution in [1.29, 1.82) is 0 Å². The van der Waals surface area contributed by atoms with E-state index in [0.29, 0.717) is 0 Å². The highest BCUT2D eigenvalue weighted by atomic mass is 32.3. The van der Waals surface area contributed by atoms with E-state index in [1.165, 1.54) is 0 Å². The summed E-state index contributed by atoms with van der Waals surface area (Å²) in [5, 5.41) is 0. The third-order valence-corrected chi connectivity index (χ3v) is 4.33. The Morgan fingerprint density at radius 3 is 1.00 bits per heavy atom. The van der Waals surface area contributed by atoms with Gasteiger partial charge in [0, 0.05) is 26.2 Å². The van der Waals surface area contributed by atoms with E-state index in [9.17, 15) is 0 Å². The summed E-state index contributed by atoms with van der Waals surface area (Å²) in [6.45, 7) is 12.3. The molecule has 0 bridgehead atoms. The molecule has 0 aliphatic carbocycles. The van der Waals surface area contributed by atoms with Crippen molar-refractivity contribution in [3.8, 4) is 0 Å². The van der Waals surface area contributed by atoms with E-state index < -0.39 is 10.8 Å². The molecule has 0 aliphatic rings. The zero-order chi connectivity index (χ0) is 10.2. The van der Waals surface area contributed by atoms with Gasteiger partial charge < -0.3 is 0 Å². The average molecular weight is 208 g/mol. The first-order valence-electron chi connectivity index (χ1n) is 5.06. The summed E-state index contributed by atoms with van der Waals surface area (Å²) in [4.78, 5) is 0. The minimum atomic E-state index is -1.20. The molecule has 4 N–H and O–H groups in total. The Balaban J connectivity index is 4.19. The van der Waals surface area contributed by atoms with Crippen molar-refractivity contribution >= 4 is 10.8 Å². The van der Waals surface area contributed by atoms with E-state index in [2.05, 4.69) is 46.6 Å². The van der Waals surface area contributed by atoms with E-state index in [4.69, 9.17) is 0 Å². The Hall–Kier alpha value is 0.190. The first-order chi connectivity index (χ1) is 6.24. The van der Waals surface area contributed by atoms with Crippen LogP contribution in [0.3, 0.4) is 0 Å². The van der Waals surface area contributed by atoms with Gasteiger partial charge in [-0.2, -0.15) is 0 Å². The highest BCUT2D eigenvalue weighted by Crippen LogP contribution is 2.27. The molecule has 0 atom stereocenters. The number of nitrogens with one attached hydrogen (secondary N) is 4. The van der Waals surface area contributed by atoms with Crippen molar-refractivity contribution in [2.75, 3.05) is 26.2 Å². The van der Waals surface area contributed by atoms with Gasteiger partial charge in [0.2, 0.25) is 0 Å². The Morgan fingerprint density at radius 2 is 0.846 bits per heavy atom. The third-order valence-electron chi connectivity index (χ3n) is 1.44. The lowest BCUT2D eigenvalue weighted by molar-refractivity contribution is 0.830. The Bertz CT molecular complexity index is 91.2. The van der Waals surface area contributed by atoms with Crippen LogP contribution >= 0.6 is 10.8 Å². The molecule has 4 nitrogen and oxygen atoms in total. The van der Waals surface area contributed by atoms with Crippen LogP contribution in [0.5, 0.6) is 0 Å². The molecule has 0 aromatic rings. The maximum absolute atomic E-state index is 3.45. The maximum Gasteiger partial charge on any atom is 0.00487 e. The normalized spacial score (nSPS) is 13.2. The monoisotopic (exact) mass is 208 g/mol. The SMILES string of the molecule is CCNS(NCC)(NCC)NCC. The molecular weight excluding hydrogens is 184 g/mol. The molecule has 0 radical (unpaired) electrons. The van der Waals surface area contributed by atoms with E-state index in [1.54, 1.807) is 0 Å². The second-order valence-corrected chi connectivity index (χ2v) is 4.98. The van der Waals surface area contributed by atoms with E-state index >= 15 is 0 Å². The lowest BCUT2D eigenvalue weighted by atomic mass is 10.8. The molecule has 0 unspecified atom stereocenters. The maximum atomic E-state index is 3.45. The Kier molecular flexibility index (Phi) is 7.69. The van der Waals surface area contributed by atoms with Crippen molar-refractivity contribution in [2.45, 2.75) is 27.7 Å². The van der Waals surface area contributed by atoms with Crippen molar-refractivity contribution in [3.63, 3.8) is 0 Å². The van der Waals surface area contributed by atoms with Gasteiger partial charge in [0.25, 0.3) is 0 Å². The largest absolute Gasteiger partial charge is 0.247 e. The predicted molar refractivity (Wildman–Crippen MR) is 62.3 cm³/mol. The van der Waals surface area contributed by atoms with Crippen LogP contribution in [0, 0.1) is 0 Å². The molecule has 0 aromatic carbocycles. The minimum absolute atomic E-state index is 0.961. The van der Waals surface area contributed by atoms with Gasteiger partial charge in [0.05, 0.1) is 0 Å². The summed E-state index contributed by atoms with van der Waals surface area (Å²) in [7, 11) is -1.20. The third kappa shape index (κ3) is 4.83. The fourth-order valence-electron chi connectivity index (χ4n) is 1.17. The van der Waals surface area contributed by atoms with Gasteiger partial charge >= 0.3 is 0 Å². The average Bonchev–Trinajstić information content (AvgIpc) is 2.06. The van der Waals surface area contributed by atoms with Crippen molar-refractivity contribution in [2.24, 2.45) is 0 Å². The molecule has 5 heteroatoms. The van der Waals surface area contributed by atoms with Crippen molar-refractivity contribution in [1.82, 2.24) is 18.9 Å². The van der Waals surface area contributed by atoms with Crippen LogP contribution in [0.2, 0.25) is 0 Å². The molecule has 82 valence electrons. The van der Waals surface area contributed by atoms with Gasteiger partial charge in [0.15, 0.2) is 0 Å². The minimum Gasteiger partial charge on any atom is -0.247 e. The summed E-state index contributed by atoms with van der Waals surface area (Å²) >= 11 is 0. The van der Waals surface area contributed by atoms with Crippen LogP contribution in [0.1, 0.15) is 27.7 Å². The summed E-state index contributed by atoms with van der Waals surface area (Å²) < 4.78 is 13.8. The van der Waals surface area contributed by atoms with Crippen LogP contribution in [0.15, 0.2) is 0 Å². The molecule has 0 amide bonds. The van der Waals surface area contributed by atoms with E-state index in [0.717, 1.165) is 26.2 Å². The van der Waals surface area contributed by atoms with E-state index in [1.807, 2.05) is 0 Å². The van der Waals surface area contributed by atoms with Gasteiger partial charge in [-0.1, -0.05) is 27.7 Å². The smallest absolute Gasteiger partial charge is 0.00487 e. The Labute approximate surface area is 84.1 Å². The highest BCUT2D eigenvalue weighted by molar-refractivity contribution is 8.27. The van der Waals surface area contributed by atoms with Crippen LogP contribution in [-0.2, 0) is 0 Å².